The quantitative estimate of drug-likeness (QED) is 0.231. The summed E-state index contributed by atoms with van der Waals surface area (Å²) in [6.07, 6.45) is 2.18. The fourth-order valence-electron chi connectivity index (χ4n) is 3.82. The van der Waals surface area contributed by atoms with Gasteiger partial charge in [-0.15, -0.1) is 11.8 Å². The maximum absolute atomic E-state index is 13.6. The van der Waals surface area contributed by atoms with Gasteiger partial charge in [0, 0.05) is 35.3 Å². The molecule has 0 aliphatic carbocycles. The van der Waals surface area contributed by atoms with Crippen molar-refractivity contribution < 1.29 is 14.0 Å². The predicted molar refractivity (Wildman–Crippen MR) is 151 cm³/mol. The van der Waals surface area contributed by atoms with E-state index in [-0.39, 0.29) is 29.9 Å². The second kappa shape index (κ2) is 15.0. The molecule has 0 aromatic heterocycles. The van der Waals surface area contributed by atoms with E-state index in [9.17, 15) is 14.0 Å². The minimum absolute atomic E-state index is 0.160. The van der Waals surface area contributed by atoms with Crippen molar-refractivity contribution >= 4 is 46.8 Å². The van der Waals surface area contributed by atoms with Crippen LogP contribution in [0.3, 0.4) is 0 Å². The maximum Gasteiger partial charge on any atom is 0.243 e. The number of benzene rings is 3. The summed E-state index contributed by atoms with van der Waals surface area (Å²) in [7, 11) is 0. The van der Waals surface area contributed by atoms with Gasteiger partial charge in [0.05, 0.1) is 5.75 Å². The SMILES string of the molecule is CCCCNC(=O)[C@@H](Cc1ccccc1)N(Cc1ccc(F)cc1)C(=O)CSCc1ccc(Cl)cc1Cl. The number of nitrogens with one attached hydrogen (secondary N) is 1. The molecule has 3 rings (SSSR count). The molecule has 2 amide bonds. The number of carbonyl (C=O) groups excluding carboxylic acids is 2. The first kappa shape index (κ1) is 29.0. The van der Waals surface area contributed by atoms with Crippen molar-refractivity contribution in [2.45, 2.75) is 44.5 Å². The summed E-state index contributed by atoms with van der Waals surface area (Å²) in [6.45, 7) is 2.80. The number of nitrogens with zero attached hydrogens (tertiary/aromatic N) is 1. The van der Waals surface area contributed by atoms with Gasteiger partial charge in [0.1, 0.15) is 11.9 Å². The van der Waals surface area contributed by atoms with Crippen molar-refractivity contribution in [1.29, 1.82) is 0 Å². The molecule has 0 aliphatic heterocycles. The minimum atomic E-state index is -0.712. The van der Waals surface area contributed by atoms with Crippen LogP contribution in [0.5, 0.6) is 0 Å². The summed E-state index contributed by atoms with van der Waals surface area (Å²) in [5, 5.41) is 4.10. The molecule has 8 heteroatoms. The van der Waals surface area contributed by atoms with Crippen LogP contribution in [0.4, 0.5) is 4.39 Å². The molecule has 196 valence electrons. The fraction of sp³-hybridized carbons (Fsp3) is 0.310. The van der Waals surface area contributed by atoms with E-state index in [1.165, 1.54) is 23.9 Å². The van der Waals surface area contributed by atoms with E-state index < -0.39 is 6.04 Å². The van der Waals surface area contributed by atoms with Crippen LogP contribution in [0.1, 0.15) is 36.5 Å². The van der Waals surface area contributed by atoms with Crippen LogP contribution >= 0.6 is 35.0 Å². The van der Waals surface area contributed by atoms with Gasteiger partial charge in [-0.25, -0.2) is 4.39 Å². The van der Waals surface area contributed by atoms with E-state index in [0.717, 1.165) is 29.5 Å². The molecule has 0 saturated heterocycles. The molecule has 0 unspecified atom stereocenters. The van der Waals surface area contributed by atoms with Gasteiger partial charge < -0.3 is 10.2 Å². The van der Waals surface area contributed by atoms with Gasteiger partial charge in [-0.1, -0.05) is 85.1 Å². The lowest BCUT2D eigenvalue weighted by Gasteiger charge is -2.31. The molecule has 1 N–H and O–H groups in total. The molecule has 0 heterocycles. The van der Waals surface area contributed by atoms with Gasteiger partial charge in [0.2, 0.25) is 11.8 Å². The van der Waals surface area contributed by atoms with E-state index in [1.807, 2.05) is 36.4 Å². The number of hydrogen-bond donors (Lipinski definition) is 1. The predicted octanol–water partition coefficient (Wildman–Crippen LogP) is 6.92. The summed E-state index contributed by atoms with van der Waals surface area (Å²) >= 11 is 13.7. The molecule has 3 aromatic carbocycles. The van der Waals surface area contributed by atoms with Crippen LogP contribution in [0.15, 0.2) is 72.8 Å². The topological polar surface area (TPSA) is 49.4 Å². The number of hydrogen-bond acceptors (Lipinski definition) is 3. The van der Waals surface area contributed by atoms with E-state index in [1.54, 1.807) is 29.2 Å². The summed E-state index contributed by atoms with van der Waals surface area (Å²) in [5.74, 6) is -0.0362. The number of halogens is 3. The van der Waals surface area contributed by atoms with Gasteiger partial charge in [-0.2, -0.15) is 0 Å². The van der Waals surface area contributed by atoms with Crippen LogP contribution in [0, 0.1) is 5.82 Å². The highest BCUT2D eigenvalue weighted by Gasteiger charge is 2.30. The third kappa shape index (κ3) is 9.37. The highest BCUT2D eigenvalue weighted by atomic mass is 35.5. The molecule has 0 fully saturated rings. The number of carbonyl (C=O) groups is 2. The Hall–Kier alpha value is -2.54. The average Bonchev–Trinajstić information content (AvgIpc) is 2.89. The molecule has 0 bridgehead atoms. The van der Waals surface area contributed by atoms with Gasteiger partial charge in [0.25, 0.3) is 0 Å². The maximum atomic E-state index is 13.6. The normalized spacial score (nSPS) is 11.7. The minimum Gasteiger partial charge on any atom is -0.354 e. The molecule has 4 nitrogen and oxygen atoms in total. The summed E-state index contributed by atoms with van der Waals surface area (Å²) in [4.78, 5) is 28.6. The van der Waals surface area contributed by atoms with E-state index in [2.05, 4.69) is 12.2 Å². The Balaban J connectivity index is 1.83. The summed E-state index contributed by atoms with van der Waals surface area (Å²) < 4.78 is 13.5. The lowest BCUT2D eigenvalue weighted by Crippen LogP contribution is -2.51. The summed E-state index contributed by atoms with van der Waals surface area (Å²) in [5.41, 5.74) is 2.59. The highest BCUT2D eigenvalue weighted by molar-refractivity contribution is 7.99. The Morgan fingerprint density at radius 2 is 1.73 bits per heavy atom. The second-order valence-electron chi connectivity index (χ2n) is 8.73. The van der Waals surface area contributed by atoms with Crippen LogP contribution in [-0.4, -0.2) is 35.1 Å². The molecule has 0 spiro atoms. The van der Waals surface area contributed by atoms with E-state index in [0.29, 0.717) is 28.8 Å². The molecule has 3 aromatic rings. The van der Waals surface area contributed by atoms with Gasteiger partial charge in [-0.3, -0.25) is 9.59 Å². The Kier molecular flexibility index (Phi) is 11.8. The zero-order valence-corrected chi connectivity index (χ0v) is 23.1. The Labute approximate surface area is 232 Å². The standard InChI is InChI=1S/C29H31Cl2FN2O2S/c1-2-3-15-33-29(36)27(16-21-7-5-4-6-8-21)34(18-22-9-13-25(32)14-10-22)28(35)20-37-19-23-11-12-24(30)17-26(23)31/h4-14,17,27H,2-3,15-16,18-20H2,1H3,(H,33,36)/t27-/m1/s1. The van der Waals surface area contributed by atoms with Crippen molar-refractivity contribution in [2.24, 2.45) is 0 Å². The Morgan fingerprint density at radius 1 is 1.00 bits per heavy atom. The van der Waals surface area contributed by atoms with Gasteiger partial charge >= 0.3 is 0 Å². The van der Waals surface area contributed by atoms with Crippen LogP contribution in [0.2, 0.25) is 10.0 Å². The third-order valence-corrected chi connectivity index (χ3v) is 7.42. The molecule has 37 heavy (non-hydrogen) atoms. The van der Waals surface area contributed by atoms with Crippen molar-refractivity contribution in [3.8, 4) is 0 Å². The summed E-state index contributed by atoms with van der Waals surface area (Å²) in [6, 6.07) is 20.2. The third-order valence-electron chi connectivity index (χ3n) is 5.87. The van der Waals surface area contributed by atoms with Crippen LogP contribution < -0.4 is 5.32 Å². The molecular formula is C29H31Cl2FN2O2S. The molecule has 0 saturated carbocycles. The van der Waals surface area contributed by atoms with Gasteiger partial charge in [-0.05, 0) is 47.4 Å². The molecule has 0 aliphatic rings. The van der Waals surface area contributed by atoms with Crippen LogP contribution in [0.25, 0.3) is 0 Å². The smallest absolute Gasteiger partial charge is 0.243 e. The van der Waals surface area contributed by atoms with Crippen molar-refractivity contribution in [3.63, 3.8) is 0 Å². The molecular weight excluding hydrogens is 530 g/mol. The van der Waals surface area contributed by atoms with Gasteiger partial charge in [0.15, 0.2) is 0 Å². The Bertz CT molecular complexity index is 1160. The highest BCUT2D eigenvalue weighted by Crippen LogP contribution is 2.25. The Morgan fingerprint density at radius 3 is 2.41 bits per heavy atom. The first-order valence-electron chi connectivity index (χ1n) is 12.2. The molecule has 1 atom stereocenters. The average molecular weight is 562 g/mol. The zero-order valence-electron chi connectivity index (χ0n) is 20.8. The van der Waals surface area contributed by atoms with E-state index >= 15 is 0 Å². The lowest BCUT2D eigenvalue weighted by molar-refractivity contribution is -0.139. The number of unbranched alkanes of at least 4 members (excludes halogenated alkanes) is 1. The monoisotopic (exact) mass is 560 g/mol. The fourth-order valence-corrected chi connectivity index (χ4v) is 5.29. The number of amides is 2. The zero-order chi connectivity index (χ0) is 26.6. The van der Waals surface area contributed by atoms with Crippen LogP contribution in [-0.2, 0) is 28.3 Å². The lowest BCUT2D eigenvalue weighted by atomic mass is 10.0. The largest absolute Gasteiger partial charge is 0.354 e. The second-order valence-corrected chi connectivity index (χ2v) is 10.6. The molecule has 0 radical (unpaired) electrons. The van der Waals surface area contributed by atoms with E-state index in [4.69, 9.17) is 23.2 Å². The first-order chi connectivity index (χ1) is 17.9. The number of rotatable bonds is 13. The van der Waals surface area contributed by atoms with Crippen molar-refractivity contribution in [3.05, 3.63) is 105 Å². The van der Waals surface area contributed by atoms with Crippen molar-refractivity contribution in [2.75, 3.05) is 12.3 Å². The van der Waals surface area contributed by atoms with Crippen molar-refractivity contribution in [1.82, 2.24) is 10.2 Å². The number of thioether (sulfide) groups is 1. The first-order valence-corrected chi connectivity index (χ1v) is 14.2.